The van der Waals surface area contributed by atoms with E-state index in [0.29, 0.717) is 24.0 Å². The predicted molar refractivity (Wildman–Crippen MR) is 73.1 cm³/mol. The van der Waals surface area contributed by atoms with E-state index < -0.39 is 0 Å². The van der Waals surface area contributed by atoms with Crippen LogP contribution in [0.4, 0.5) is 11.6 Å². The van der Waals surface area contributed by atoms with Crippen molar-refractivity contribution in [1.29, 1.82) is 0 Å². The first kappa shape index (κ1) is 11.7. The Bertz CT molecular complexity index is 620. The van der Waals surface area contributed by atoms with E-state index in [1.165, 1.54) is 19.2 Å². The van der Waals surface area contributed by atoms with Crippen LogP contribution in [0.1, 0.15) is 18.4 Å². The summed E-state index contributed by atoms with van der Waals surface area (Å²) in [5.74, 6) is 1.53. The molecule has 0 aromatic carbocycles. The fraction of sp³-hybridized carbons (Fsp3) is 0.308. The Balaban J connectivity index is 1.66. The van der Waals surface area contributed by atoms with Crippen molar-refractivity contribution in [2.45, 2.75) is 25.4 Å². The molecular formula is C13H15N5O. The third-order valence-electron chi connectivity index (χ3n) is 2.96. The molecule has 3 rings (SSSR count). The fourth-order valence-corrected chi connectivity index (χ4v) is 1.75. The molecule has 0 amide bonds. The lowest BCUT2D eigenvalue weighted by molar-refractivity contribution is 1.03. The Morgan fingerprint density at radius 2 is 2.16 bits per heavy atom. The molecule has 6 heteroatoms. The highest BCUT2D eigenvalue weighted by atomic mass is 16.1. The molecule has 0 atom stereocenters. The number of anilines is 2. The van der Waals surface area contributed by atoms with Crippen molar-refractivity contribution in [3.05, 3.63) is 46.6 Å². The largest absolute Gasteiger partial charge is 0.367 e. The van der Waals surface area contributed by atoms with E-state index in [0.717, 1.165) is 5.82 Å². The lowest BCUT2D eigenvalue weighted by Gasteiger charge is -2.07. The molecule has 0 bridgehead atoms. The van der Waals surface area contributed by atoms with Crippen LogP contribution in [-0.4, -0.2) is 21.0 Å². The van der Waals surface area contributed by atoms with Gasteiger partial charge in [-0.2, -0.15) is 0 Å². The van der Waals surface area contributed by atoms with Crippen LogP contribution in [0.15, 0.2) is 35.5 Å². The molecule has 0 aliphatic heterocycles. The summed E-state index contributed by atoms with van der Waals surface area (Å²) in [5, 5.41) is 6.43. The Morgan fingerprint density at radius 3 is 2.95 bits per heavy atom. The van der Waals surface area contributed by atoms with Gasteiger partial charge in [0.2, 0.25) is 0 Å². The summed E-state index contributed by atoms with van der Waals surface area (Å²) in [6.45, 7) is 0.441. The molecule has 98 valence electrons. The molecule has 2 heterocycles. The summed E-state index contributed by atoms with van der Waals surface area (Å²) in [7, 11) is 0. The van der Waals surface area contributed by atoms with Gasteiger partial charge in [-0.3, -0.25) is 4.79 Å². The quantitative estimate of drug-likeness (QED) is 0.753. The maximum Gasteiger partial charge on any atom is 0.252 e. The Morgan fingerprint density at radius 1 is 1.32 bits per heavy atom. The standard InChI is InChI=1S/C13H15N5O/c19-13-9(2-1-5-14-13)7-15-11-6-12(17-8-16-11)18-10-3-4-10/h1-2,5-6,8,10H,3-4,7H2,(H,14,19)(H2,15,16,17,18). The van der Waals surface area contributed by atoms with Gasteiger partial charge in [-0.25, -0.2) is 9.97 Å². The third-order valence-corrected chi connectivity index (χ3v) is 2.96. The maximum absolute atomic E-state index is 11.5. The number of H-pyrrole nitrogens is 1. The Kier molecular flexibility index (Phi) is 3.14. The smallest absolute Gasteiger partial charge is 0.252 e. The number of nitrogens with zero attached hydrogens (tertiary/aromatic N) is 2. The second-order valence-corrected chi connectivity index (χ2v) is 4.59. The van der Waals surface area contributed by atoms with E-state index in [1.54, 1.807) is 18.3 Å². The molecule has 19 heavy (non-hydrogen) atoms. The number of rotatable bonds is 5. The first-order valence-corrected chi connectivity index (χ1v) is 6.30. The van der Waals surface area contributed by atoms with E-state index in [-0.39, 0.29) is 5.56 Å². The van der Waals surface area contributed by atoms with Crippen molar-refractivity contribution < 1.29 is 0 Å². The zero-order valence-electron chi connectivity index (χ0n) is 10.4. The predicted octanol–water partition coefficient (Wildman–Crippen LogP) is 1.35. The Labute approximate surface area is 110 Å². The lowest BCUT2D eigenvalue weighted by Crippen LogP contribution is -2.15. The number of hydrogen-bond acceptors (Lipinski definition) is 5. The van der Waals surface area contributed by atoms with Gasteiger partial charge in [0.1, 0.15) is 18.0 Å². The number of aromatic amines is 1. The molecule has 1 aliphatic rings. The highest BCUT2D eigenvalue weighted by molar-refractivity contribution is 5.47. The van der Waals surface area contributed by atoms with Gasteiger partial charge in [-0.05, 0) is 18.9 Å². The van der Waals surface area contributed by atoms with Gasteiger partial charge >= 0.3 is 0 Å². The summed E-state index contributed by atoms with van der Waals surface area (Å²) in [5.41, 5.74) is 0.596. The average molecular weight is 257 g/mol. The minimum absolute atomic E-state index is 0.0830. The number of pyridine rings is 1. The monoisotopic (exact) mass is 257 g/mol. The van der Waals surface area contributed by atoms with Gasteiger partial charge in [0.25, 0.3) is 5.56 Å². The van der Waals surface area contributed by atoms with Gasteiger partial charge in [0.05, 0.1) is 0 Å². The first-order chi connectivity index (χ1) is 9.31. The van der Waals surface area contributed by atoms with E-state index in [1.807, 2.05) is 6.07 Å². The summed E-state index contributed by atoms with van der Waals surface area (Å²) >= 11 is 0. The molecule has 3 N–H and O–H groups in total. The van der Waals surface area contributed by atoms with Crippen LogP contribution in [0.25, 0.3) is 0 Å². The van der Waals surface area contributed by atoms with Crippen LogP contribution in [0.3, 0.4) is 0 Å². The van der Waals surface area contributed by atoms with E-state index in [4.69, 9.17) is 0 Å². The van der Waals surface area contributed by atoms with E-state index in [9.17, 15) is 4.79 Å². The number of aromatic nitrogens is 3. The van der Waals surface area contributed by atoms with E-state index >= 15 is 0 Å². The molecule has 1 saturated carbocycles. The molecule has 1 fully saturated rings. The minimum atomic E-state index is -0.0830. The van der Waals surface area contributed by atoms with Gasteiger partial charge in [-0.15, -0.1) is 0 Å². The zero-order valence-corrected chi connectivity index (χ0v) is 10.4. The third kappa shape index (κ3) is 3.09. The molecule has 0 spiro atoms. The lowest BCUT2D eigenvalue weighted by atomic mass is 10.3. The zero-order chi connectivity index (χ0) is 13.1. The van der Waals surface area contributed by atoms with Crippen LogP contribution in [0.5, 0.6) is 0 Å². The first-order valence-electron chi connectivity index (χ1n) is 6.30. The van der Waals surface area contributed by atoms with E-state index in [2.05, 4.69) is 25.6 Å². The molecule has 0 saturated heterocycles. The minimum Gasteiger partial charge on any atom is -0.367 e. The van der Waals surface area contributed by atoms with Gasteiger partial charge in [0.15, 0.2) is 0 Å². The van der Waals surface area contributed by atoms with Crippen molar-refractivity contribution in [3.63, 3.8) is 0 Å². The summed E-state index contributed by atoms with van der Waals surface area (Å²) in [6.07, 6.45) is 5.54. The summed E-state index contributed by atoms with van der Waals surface area (Å²) < 4.78 is 0. The maximum atomic E-state index is 11.5. The molecular weight excluding hydrogens is 242 g/mol. The van der Waals surface area contributed by atoms with Crippen molar-refractivity contribution in [2.75, 3.05) is 10.6 Å². The Hall–Kier alpha value is -2.37. The van der Waals surface area contributed by atoms with Crippen LogP contribution in [0, 0.1) is 0 Å². The van der Waals surface area contributed by atoms with Crippen molar-refractivity contribution in [1.82, 2.24) is 15.0 Å². The van der Waals surface area contributed by atoms with Crippen molar-refractivity contribution >= 4 is 11.6 Å². The highest BCUT2D eigenvalue weighted by Gasteiger charge is 2.21. The molecule has 1 aliphatic carbocycles. The molecule has 6 nitrogen and oxygen atoms in total. The van der Waals surface area contributed by atoms with Crippen molar-refractivity contribution in [3.8, 4) is 0 Å². The van der Waals surface area contributed by atoms with Crippen LogP contribution >= 0.6 is 0 Å². The van der Waals surface area contributed by atoms with Crippen LogP contribution in [0.2, 0.25) is 0 Å². The molecule has 2 aromatic rings. The molecule has 0 unspecified atom stereocenters. The van der Waals surface area contributed by atoms with Gasteiger partial charge in [0, 0.05) is 30.4 Å². The van der Waals surface area contributed by atoms with Crippen LogP contribution in [-0.2, 0) is 6.54 Å². The number of nitrogens with one attached hydrogen (secondary N) is 3. The molecule has 2 aromatic heterocycles. The van der Waals surface area contributed by atoms with Gasteiger partial charge < -0.3 is 15.6 Å². The topological polar surface area (TPSA) is 82.7 Å². The fourth-order valence-electron chi connectivity index (χ4n) is 1.75. The second kappa shape index (κ2) is 5.09. The normalized spacial score (nSPS) is 14.1. The SMILES string of the molecule is O=c1[nH]cccc1CNc1cc(NC2CC2)ncn1. The highest BCUT2D eigenvalue weighted by Crippen LogP contribution is 2.24. The van der Waals surface area contributed by atoms with Gasteiger partial charge in [-0.1, -0.05) is 6.07 Å². The average Bonchev–Trinajstić information content (AvgIpc) is 3.22. The summed E-state index contributed by atoms with van der Waals surface area (Å²) in [6, 6.07) is 6.00. The number of hydrogen-bond donors (Lipinski definition) is 3. The molecule has 0 radical (unpaired) electrons. The van der Waals surface area contributed by atoms with Crippen molar-refractivity contribution in [2.24, 2.45) is 0 Å². The second-order valence-electron chi connectivity index (χ2n) is 4.59. The summed E-state index contributed by atoms with van der Waals surface area (Å²) in [4.78, 5) is 22.5. The van der Waals surface area contributed by atoms with Crippen LogP contribution < -0.4 is 16.2 Å².